The molecule has 2 aliphatic carbocycles. The van der Waals surface area contributed by atoms with Crippen molar-refractivity contribution in [1.29, 1.82) is 0 Å². The lowest BCUT2D eigenvalue weighted by atomic mass is 9.74. The van der Waals surface area contributed by atoms with E-state index >= 15 is 0 Å². The first-order valence-corrected chi connectivity index (χ1v) is 8.29. The van der Waals surface area contributed by atoms with E-state index in [1.807, 2.05) is 19.9 Å². The van der Waals surface area contributed by atoms with E-state index in [-0.39, 0.29) is 29.1 Å². The molecule has 0 aliphatic heterocycles. The lowest BCUT2D eigenvalue weighted by Crippen LogP contribution is -2.33. The van der Waals surface area contributed by atoms with Gasteiger partial charge in [0, 0.05) is 5.92 Å². The number of rotatable bonds is 5. The van der Waals surface area contributed by atoms with Crippen molar-refractivity contribution in [3.8, 4) is 0 Å². The number of aliphatic carboxylic acids is 1. The summed E-state index contributed by atoms with van der Waals surface area (Å²) in [5.41, 5.74) is 0.147. The van der Waals surface area contributed by atoms with Crippen LogP contribution in [0.5, 0.6) is 0 Å². The summed E-state index contributed by atoms with van der Waals surface area (Å²) in [7, 11) is 0. The molecule has 0 aromatic rings. The smallest absolute Gasteiger partial charge is 0.311 e. The molecule has 0 aromatic carbocycles. The summed E-state index contributed by atoms with van der Waals surface area (Å²) in [5.74, 6) is -0.324. The van der Waals surface area contributed by atoms with Crippen molar-refractivity contribution in [3.63, 3.8) is 0 Å². The Hall–Kier alpha value is -1.09. The van der Waals surface area contributed by atoms with Crippen LogP contribution in [0.15, 0.2) is 24.3 Å². The molecule has 0 spiro atoms. The molecule has 2 N–H and O–H groups in total. The zero-order chi connectivity index (χ0) is 16.9. The number of hydrogen-bond donors (Lipinski definition) is 2. The number of carboxylic acids is 1. The first kappa shape index (κ1) is 17.3. The molecule has 0 radical (unpaired) electrons. The molecule has 2 saturated carbocycles. The van der Waals surface area contributed by atoms with Gasteiger partial charge in [0.2, 0.25) is 0 Å². The average molecular weight is 306 g/mol. The summed E-state index contributed by atoms with van der Waals surface area (Å²) in [5, 5.41) is 20.5. The Kier molecular flexibility index (Phi) is 4.33. The van der Waals surface area contributed by atoms with E-state index in [1.54, 1.807) is 0 Å². The summed E-state index contributed by atoms with van der Waals surface area (Å²) in [6.45, 7) is 14.0. The minimum atomic E-state index is -0.749. The van der Waals surface area contributed by atoms with Gasteiger partial charge in [-0.05, 0) is 49.9 Å². The SMILES string of the molecule is C=CC[C@@H]1C(C)[C@H]([C@]2(C(=O)O)[C@H](C=C(C)C)C2(C)C)C[C@@H]1O. The highest BCUT2D eigenvalue weighted by Gasteiger charge is 2.79. The van der Waals surface area contributed by atoms with E-state index in [4.69, 9.17) is 0 Å². The van der Waals surface area contributed by atoms with Gasteiger partial charge in [0.1, 0.15) is 0 Å². The maximum atomic E-state index is 12.3. The first-order chi connectivity index (χ1) is 10.1. The van der Waals surface area contributed by atoms with Gasteiger partial charge in [0.25, 0.3) is 0 Å². The highest BCUT2D eigenvalue weighted by molar-refractivity contribution is 5.82. The number of aliphatic hydroxyl groups excluding tert-OH is 1. The monoisotopic (exact) mass is 306 g/mol. The summed E-state index contributed by atoms with van der Waals surface area (Å²) in [4.78, 5) is 12.3. The van der Waals surface area contributed by atoms with E-state index in [1.165, 1.54) is 0 Å². The van der Waals surface area contributed by atoms with Crippen molar-refractivity contribution in [2.45, 2.75) is 53.6 Å². The molecule has 0 saturated heterocycles. The van der Waals surface area contributed by atoms with Crippen LogP contribution in [-0.4, -0.2) is 22.3 Å². The zero-order valence-electron chi connectivity index (χ0n) is 14.5. The summed E-state index contributed by atoms with van der Waals surface area (Å²) >= 11 is 0. The molecule has 124 valence electrons. The van der Waals surface area contributed by atoms with Gasteiger partial charge < -0.3 is 10.2 Å². The van der Waals surface area contributed by atoms with E-state index in [0.29, 0.717) is 6.42 Å². The van der Waals surface area contributed by atoms with Gasteiger partial charge in [0.05, 0.1) is 11.5 Å². The quantitative estimate of drug-likeness (QED) is 0.758. The highest BCUT2D eigenvalue weighted by atomic mass is 16.4. The van der Waals surface area contributed by atoms with Crippen LogP contribution in [0.3, 0.4) is 0 Å². The van der Waals surface area contributed by atoms with Crippen molar-refractivity contribution in [2.24, 2.45) is 34.5 Å². The molecular formula is C19H30O3. The Balaban J connectivity index is 2.41. The second kappa shape index (κ2) is 5.52. The molecule has 2 rings (SSSR count). The molecule has 2 fully saturated rings. The van der Waals surface area contributed by atoms with Gasteiger partial charge in [-0.1, -0.05) is 38.5 Å². The first-order valence-electron chi connectivity index (χ1n) is 8.29. The normalized spacial score (nSPS) is 42.7. The van der Waals surface area contributed by atoms with Crippen LogP contribution in [0, 0.1) is 34.5 Å². The van der Waals surface area contributed by atoms with Crippen molar-refractivity contribution in [1.82, 2.24) is 0 Å². The van der Waals surface area contributed by atoms with Crippen molar-refractivity contribution in [3.05, 3.63) is 24.3 Å². The maximum Gasteiger partial charge on any atom is 0.311 e. The van der Waals surface area contributed by atoms with Gasteiger partial charge in [-0.2, -0.15) is 0 Å². The van der Waals surface area contributed by atoms with Crippen LogP contribution in [-0.2, 0) is 4.79 Å². The summed E-state index contributed by atoms with van der Waals surface area (Å²) < 4.78 is 0. The molecular weight excluding hydrogens is 276 g/mol. The van der Waals surface area contributed by atoms with Crippen molar-refractivity contribution in [2.75, 3.05) is 0 Å². The summed E-state index contributed by atoms with van der Waals surface area (Å²) in [6, 6.07) is 0. The number of allylic oxidation sites excluding steroid dienone is 3. The van der Waals surface area contributed by atoms with E-state index in [0.717, 1.165) is 12.0 Å². The molecule has 22 heavy (non-hydrogen) atoms. The average Bonchev–Trinajstić information content (AvgIpc) is 2.73. The lowest BCUT2D eigenvalue weighted by Gasteiger charge is -2.28. The Morgan fingerprint density at radius 1 is 1.36 bits per heavy atom. The second-order valence-electron chi connectivity index (χ2n) is 8.07. The minimum absolute atomic E-state index is 0.0144. The van der Waals surface area contributed by atoms with Crippen LogP contribution in [0.1, 0.15) is 47.5 Å². The predicted molar refractivity (Wildman–Crippen MR) is 88.4 cm³/mol. The molecule has 3 nitrogen and oxygen atoms in total. The van der Waals surface area contributed by atoms with Gasteiger partial charge in [0.15, 0.2) is 0 Å². The molecule has 0 aromatic heterocycles. The second-order valence-corrected chi connectivity index (χ2v) is 8.07. The van der Waals surface area contributed by atoms with Crippen molar-refractivity contribution >= 4 is 5.97 Å². The standard InChI is InChI=1S/C19H30O3/c1-7-8-13-12(4)14(10-15(13)20)19(17(21)22)16(9-11(2)3)18(19,5)6/h7,9,12-16,20H,1,8,10H2,2-6H3,(H,21,22)/t12?,13-,14-,15+,16-,19-/m1/s1. The largest absolute Gasteiger partial charge is 0.481 e. The fourth-order valence-corrected chi connectivity index (χ4v) is 5.25. The van der Waals surface area contributed by atoms with Gasteiger partial charge in [-0.25, -0.2) is 0 Å². The summed E-state index contributed by atoms with van der Waals surface area (Å²) in [6.07, 6.45) is 4.88. The van der Waals surface area contributed by atoms with Gasteiger partial charge in [-0.15, -0.1) is 6.58 Å². The Morgan fingerprint density at radius 2 is 1.95 bits per heavy atom. The molecule has 0 amide bonds. The third kappa shape index (κ3) is 2.17. The zero-order valence-corrected chi connectivity index (χ0v) is 14.5. The highest BCUT2D eigenvalue weighted by Crippen LogP contribution is 2.76. The fraction of sp³-hybridized carbons (Fsp3) is 0.737. The fourth-order valence-electron chi connectivity index (χ4n) is 5.25. The van der Waals surface area contributed by atoms with Crippen LogP contribution in [0.4, 0.5) is 0 Å². The number of carboxylic acid groups (broad SMARTS) is 1. The van der Waals surface area contributed by atoms with E-state index in [2.05, 4.69) is 33.4 Å². The number of carbonyl (C=O) groups is 1. The molecule has 3 heteroatoms. The van der Waals surface area contributed by atoms with Crippen molar-refractivity contribution < 1.29 is 15.0 Å². The topological polar surface area (TPSA) is 57.5 Å². The minimum Gasteiger partial charge on any atom is -0.481 e. The van der Waals surface area contributed by atoms with E-state index in [9.17, 15) is 15.0 Å². The number of aliphatic hydroxyl groups is 1. The van der Waals surface area contributed by atoms with Crippen LogP contribution in [0.25, 0.3) is 0 Å². The molecule has 1 unspecified atom stereocenters. The van der Waals surface area contributed by atoms with Gasteiger partial charge >= 0.3 is 5.97 Å². The lowest BCUT2D eigenvalue weighted by molar-refractivity contribution is -0.148. The molecule has 0 bridgehead atoms. The predicted octanol–water partition coefficient (Wildman–Crippen LogP) is 3.89. The van der Waals surface area contributed by atoms with Crippen LogP contribution >= 0.6 is 0 Å². The molecule has 6 atom stereocenters. The molecule has 2 aliphatic rings. The Morgan fingerprint density at radius 3 is 2.41 bits per heavy atom. The molecule has 0 heterocycles. The van der Waals surface area contributed by atoms with Crippen LogP contribution < -0.4 is 0 Å². The van der Waals surface area contributed by atoms with E-state index < -0.39 is 17.5 Å². The Bertz CT molecular complexity index is 501. The maximum absolute atomic E-state index is 12.3. The van der Waals surface area contributed by atoms with Crippen LogP contribution in [0.2, 0.25) is 0 Å². The van der Waals surface area contributed by atoms with Gasteiger partial charge in [-0.3, -0.25) is 4.79 Å². The third-order valence-corrected chi connectivity index (χ3v) is 6.43. The third-order valence-electron chi connectivity index (χ3n) is 6.43. The number of hydrogen-bond acceptors (Lipinski definition) is 2. The Labute approximate surface area is 134 Å².